The summed E-state index contributed by atoms with van der Waals surface area (Å²) in [5, 5.41) is 0. The topological polar surface area (TPSA) is 31.0 Å². The molecule has 4 heteroatoms. The van der Waals surface area contributed by atoms with Crippen molar-refractivity contribution in [2.45, 2.75) is 6.92 Å². The molecule has 90 valence electrons. The lowest BCUT2D eigenvalue weighted by Crippen LogP contribution is -1.99. The van der Waals surface area contributed by atoms with E-state index in [1.165, 1.54) is 6.07 Å². The minimum Gasteiger partial charge on any atom is -0.464 e. The number of imidazole rings is 1. The number of nitrogens with zero attached hydrogens (tertiary/aromatic N) is 2. The summed E-state index contributed by atoms with van der Waals surface area (Å²) in [6.07, 6.45) is 4.96. The largest absolute Gasteiger partial charge is 0.464 e. The van der Waals surface area contributed by atoms with E-state index in [-0.39, 0.29) is 5.82 Å². The normalized spacial score (nSPS) is 10.8. The van der Waals surface area contributed by atoms with Gasteiger partial charge >= 0.3 is 0 Å². The van der Waals surface area contributed by atoms with E-state index in [2.05, 4.69) is 4.98 Å². The van der Waals surface area contributed by atoms with Crippen LogP contribution in [-0.4, -0.2) is 9.55 Å². The second kappa shape index (κ2) is 4.14. The van der Waals surface area contributed by atoms with E-state index in [0.29, 0.717) is 11.4 Å². The SMILES string of the molecule is Cc1nccn1-c1ccc(-c2ccco2)cc1F. The molecule has 18 heavy (non-hydrogen) atoms. The van der Waals surface area contributed by atoms with Gasteiger partial charge in [0, 0.05) is 18.0 Å². The van der Waals surface area contributed by atoms with Crippen molar-refractivity contribution in [2.75, 3.05) is 0 Å². The van der Waals surface area contributed by atoms with E-state index in [9.17, 15) is 4.39 Å². The van der Waals surface area contributed by atoms with Gasteiger partial charge in [0.05, 0.1) is 12.0 Å². The molecule has 0 aliphatic heterocycles. The lowest BCUT2D eigenvalue weighted by Gasteiger charge is -2.07. The Morgan fingerprint density at radius 2 is 2.17 bits per heavy atom. The maximum atomic E-state index is 14.1. The molecule has 0 saturated heterocycles. The van der Waals surface area contributed by atoms with Gasteiger partial charge in [-0.05, 0) is 37.3 Å². The van der Waals surface area contributed by atoms with E-state index in [1.807, 2.05) is 13.0 Å². The maximum Gasteiger partial charge on any atom is 0.147 e. The van der Waals surface area contributed by atoms with Crippen molar-refractivity contribution in [2.24, 2.45) is 0 Å². The molecule has 1 aromatic carbocycles. The van der Waals surface area contributed by atoms with Crippen LogP contribution in [0.4, 0.5) is 4.39 Å². The zero-order valence-corrected chi connectivity index (χ0v) is 9.80. The Kier molecular flexibility index (Phi) is 2.48. The second-order valence-electron chi connectivity index (χ2n) is 3.99. The molecule has 0 unspecified atom stereocenters. The van der Waals surface area contributed by atoms with Crippen molar-refractivity contribution < 1.29 is 8.81 Å². The molecule has 0 amide bonds. The summed E-state index contributed by atoms with van der Waals surface area (Å²) in [6.45, 7) is 1.83. The summed E-state index contributed by atoms with van der Waals surface area (Å²) in [6, 6.07) is 8.60. The van der Waals surface area contributed by atoms with Crippen molar-refractivity contribution in [3.63, 3.8) is 0 Å². The van der Waals surface area contributed by atoms with Crippen LogP contribution < -0.4 is 0 Å². The number of halogens is 1. The van der Waals surface area contributed by atoms with Crippen molar-refractivity contribution in [3.05, 3.63) is 60.6 Å². The highest BCUT2D eigenvalue weighted by molar-refractivity contribution is 5.59. The van der Waals surface area contributed by atoms with Gasteiger partial charge in [0.1, 0.15) is 17.4 Å². The summed E-state index contributed by atoms with van der Waals surface area (Å²) in [4.78, 5) is 4.08. The Labute approximate surface area is 104 Å². The zero-order chi connectivity index (χ0) is 12.5. The number of aromatic nitrogens is 2. The van der Waals surface area contributed by atoms with Gasteiger partial charge in [0.15, 0.2) is 0 Å². The molecule has 0 fully saturated rings. The first kappa shape index (κ1) is 10.8. The fourth-order valence-electron chi connectivity index (χ4n) is 1.93. The lowest BCUT2D eigenvalue weighted by atomic mass is 10.1. The van der Waals surface area contributed by atoms with Crippen LogP contribution >= 0.6 is 0 Å². The molecule has 0 radical (unpaired) electrons. The van der Waals surface area contributed by atoms with Gasteiger partial charge in [-0.1, -0.05) is 0 Å². The molecule has 0 saturated carbocycles. The Morgan fingerprint density at radius 3 is 2.78 bits per heavy atom. The van der Waals surface area contributed by atoms with Crippen molar-refractivity contribution in [1.82, 2.24) is 9.55 Å². The van der Waals surface area contributed by atoms with Crippen LogP contribution in [-0.2, 0) is 0 Å². The number of aryl methyl sites for hydroxylation is 1. The highest BCUT2D eigenvalue weighted by atomic mass is 19.1. The monoisotopic (exact) mass is 242 g/mol. The number of rotatable bonds is 2. The number of hydrogen-bond acceptors (Lipinski definition) is 2. The molecule has 0 spiro atoms. The number of furan rings is 1. The fourth-order valence-corrected chi connectivity index (χ4v) is 1.93. The van der Waals surface area contributed by atoms with Gasteiger partial charge < -0.3 is 8.98 Å². The highest BCUT2D eigenvalue weighted by Crippen LogP contribution is 2.24. The molecule has 0 N–H and O–H groups in total. The molecule has 0 bridgehead atoms. The molecule has 3 nitrogen and oxygen atoms in total. The van der Waals surface area contributed by atoms with E-state index in [4.69, 9.17) is 4.42 Å². The first-order valence-corrected chi connectivity index (χ1v) is 5.59. The van der Waals surface area contributed by atoms with Crippen LogP contribution in [0.25, 0.3) is 17.0 Å². The van der Waals surface area contributed by atoms with Crippen LogP contribution in [0.1, 0.15) is 5.82 Å². The van der Waals surface area contributed by atoms with Crippen LogP contribution in [0.15, 0.2) is 53.4 Å². The Hall–Kier alpha value is -2.36. The Bertz CT molecular complexity index is 671. The quantitative estimate of drug-likeness (QED) is 0.687. The van der Waals surface area contributed by atoms with Crippen LogP contribution in [0.5, 0.6) is 0 Å². The first-order chi connectivity index (χ1) is 8.75. The summed E-state index contributed by atoms with van der Waals surface area (Å²) in [7, 11) is 0. The molecule has 0 aliphatic rings. The van der Waals surface area contributed by atoms with Crippen LogP contribution in [0, 0.1) is 12.7 Å². The van der Waals surface area contributed by atoms with E-state index >= 15 is 0 Å². The summed E-state index contributed by atoms with van der Waals surface area (Å²) in [5.74, 6) is 1.10. The summed E-state index contributed by atoms with van der Waals surface area (Å²) >= 11 is 0. The Morgan fingerprint density at radius 1 is 1.28 bits per heavy atom. The predicted octanol–water partition coefficient (Wildman–Crippen LogP) is 3.58. The fraction of sp³-hybridized carbons (Fsp3) is 0.0714. The van der Waals surface area contributed by atoms with E-state index < -0.39 is 0 Å². The van der Waals surface area contributed by atoms with Crippen molar-refractivity contribution in [3.8, 4) is 17.0 Å². The van der Waals surface area contributed by atoms with Crippen molar-refractivity contribution in [1.29, 1.82) is 0 Å². The van der Waals surface area contributed by atoms with Gasteiger partial charge in [-0.2, -0.15) is 0 Å². The maximum absolute atomic E-state index is 14.1. The summed E-state index contributed by atoms with van der Waals surface area (Å²) < 4.78 is 21.0. The van der Waals surface area contributed by atoms with Gasteiger partial charge in [-0.25, -0.2) is 9.37 Å². The van der Waals surface area contributed by atoms with Crippen molar-refractivity contribution >= 4 is 0 Å². The second-order valence-corrected chi connectivity index (χ2v) is 3.99. The molecule has 3 aromatic rings. The third kappa shape index (κ3) is 1.72. The first-order valence-electron chi connectivity index (χ1n) is 5.59. The smallest absolute Gasteiger partial charge is 0.147 e. The van der Waals surface area contributed by atoms with Gasteiger partial charge in [-0.3, -0.25) is 0 Å². The standard InChI is InChI=1S/C14H11FN2O/c1-10-16-6-7-17(10)13-5-4-11(9-12(13)15)14-3-2-8-18-14/h2-9H,1H3. The van der Waals surface area contributed by atoms with Crippen LogP contribution in [0.2, 0.25) is 0 Å². The molecule has 0 aliphatic carbocycles. The lowest BCUT2D eigenvalue weighted by molar-refractivity contribution is 0.579. The Balaban J connectivity index is 2.08. The number of benzene rings is 1. The van der Waals surface area contributed by atoms with E-state index in [0.717, 1.165) is 11.4 Å². The molecular formula is C14H11FN2O. The summed E-state index contributed by atoms with van der Waals surface area (Å²) in [5.41, 5.74) is 1.21. The van der Waals surface area contributed by atoms with Gasteiger partial charge in [0.25, 0.3) is 0 Å². The van der Waals surface area contributed by atoms with Crippen LogP contribution in [0.3, 0.4) is 0 Å². The third-order valence-electron chi connectivity index (χ3n) is 2.84. The van der Waals surface area contributed by atoms with E-state index in [1.54, 1.807) is 41.4 Å². The average molecular weight is 242 g/mol. The zero-order valence-electron chi connectivity index (χ0n) is 9.80. The molecule has 0 atom stereocenters. The highest BCUT2D eigenvalue weighted by Gasteiger charge is 2.09. The minimum absolute atomic E-state index is 0.301. The minimum atomic E-state index is -0.301. The van der Waals surface area contributed by atoms with Gasteiger partial charge in [0.2, 0.25) is 0 Å². The number of hydrogen-bond donors (Lipinski definition) is 0. The molecule has 2 aromatic heterocycles. The third-order valence-corrected chi connectivity index (χ3v) is 2.84. The average Bonchev–Trinajstić information content (AvgIpc) is 3.00. The predicted molar refractivity (Wildman–Crippen MR) is 66.0 cm³/mol. The molecule has 2 heterocycles. The molecule has 3 rings (SSSR count). The molecular weight excluding hydrogens is 231 g/mol. The van der Waals surface area contributed by atoms with Gasteiger partial charge in [-0.15, -0.1) is 0 Å².